The average Bonchev–Trinajstić information content (AvgIpc) is 2.50. The molecule has 0 aliphatic rings. The highest BCUT2D eigenvalue weighted by Crippen LogP contribution is 2.29. The van der Waals surface area contributed by atoms with Gasteiger partial charge in [-0.15, -0.1) is 0 Å². The molecule has 0 saturated carbocycles. The minimum absolute atomic E-state index is 0.693. The van der Waals surface area contributed by atoms with Gasteiger partial charge in [0, 0.05) is 5.25 Å². The number of aromatic nitrogens is 2. The molecule has 0 bridgehead atoms. The van der Waals surface area contributed by atoms with E-state index >= 15 is 0 Å². The van der Waals surface area contributed by atoms with Crippen LogP contribution < -0.4 is 0 Å². The fourth-order valence-corrected chi connectivity index (χ4v) is 3.61. The van der Waals surface area contributed by atoms with Crippen molar-refractivity contribution in [1.82, 2.24) is 10.2 Å². The summed E-state index contributed by atoms with van der Waals surface area (Å²) in [6, 6.07) is 0. The zero-order chi connectivity index (χ0) is 9.68. The Morgan fingerprint density at radius 2 is 2.38 bits per heavy atom. The first kappa shape index (κ1) is 11.2. The molecular weight excluding hydrogens is 220 g/mol. The van der Waals surface area contributed by atoms with Crippen LogP contribution in [0.4, 0.5) is 0 Å². The Balaban J connectivity index is 2.51. The van der Waals surface area contributed by atoms with E-state index in [2.05, 4.69) is 24.0 Å². The standard InChI is InChI=1S/C8H14N2S3/c1-3-5-6(4-2)12-8-10-9-7(11)13-8/h6H,3-5H2,1-2H3,(H,9,11). The second-order valence-corrected chi connectivity index (χ2v) is 6.03. The third-order valence-electron chi connectivity index (χ3n) is 1.75. The average molecular weight is 234 g/mol. The van der Waals surface area contributed by atoms with Crippen molar-refractivity contribution in [3.8, 4) is 0 Å². The van der Waals surface area contributed by atoms with Crippen molar-refractivity contribution in [3.63, 3.8) is 0 Å². The van der Waals surface area contributed by atoms with E-state index in [0.717, 1.165) is 8.29 Å². The van der Waals surface area contributed by atoms with Gasteiger partial charge in [0.25, 0.3) is 0 Å². The molecule has 0 aliphatic carbocycles. The van der Waals surface area contributed by atoms with Gasteiger partial charge in [-0.2, -0.15) is 5.10 Å². The van der Waals surface area contributed by atoms with Crippen molar-refractivity contribution in [2.45, 2.75) is 42.7 Å². The monoisotopic (exact) mass is 234 g/mol. The lowest BCUT2D eigenvalue weighted by molar-refractivity contribution is 0.718. The molecule has 1 aromatic rings. The van der Waals surface area contributed by atoms with Crippen molar-refractivity contribution in [3.05, 3.63) is 3.95 Å². The van der Waals surface area contributed by atoms with Gasteiger partial charge in [-0.1, -0.05) is 43.4 Å². The molecule has 0 aliphatic heterocycles. The first-order valence-electron chi connectivity index (χ1n) is 4.48. The minimum atomic E-state index is 0.693. The van der Waals surface area contributed by atoms with Crippen LogP contribution in [0.2, 0.25) is 0 Å². The Labute approximate surface area is 92.2 Å². The van der Waals surface area contributed by atoms with Gasteiger partial charge in [-0.25, -0.2) is 0 Å². The summed E-state index contributed by atoms with van der Waals surface area (Å²) in [4.78, 5) is 0. The SMILES string of the molecule is CCCC(CC)Sc1n[nH]c(=S)s1. The number of nitrogens with one attached hydrogen (secondary N) is 1. The zero-order valence-corrected chi connectivity index (χ0v) is 10.3. The van der Waals surface area contributed by atoms with E-state index in [0.29, 0.717) is 5.25 Å². The van der Waals surface area contributed by atoms with E-state index in [1.165, 1.54) is 19.3 Å². The van der Waals surface area contributed by atoms with Crippen LogP contribution in [0.1, 0.15) is 33.1 Å². The Morgan fingerprint density at radius 3 is 2.85 bits per heavy atom. The Kier molecular flexibility index (Phi) is 4.98. The Bertz CT molecular complexity index is 292. The molecule has 2 nitrogen and oxygen atoms in total. The molecular formula is C8H14N2S3. The molecule has 1 N–H and O–H groups in total. The van der Waals surface area contributed by atoms with Crippen LogP contribution in [0, 0.1) is 3.95 Å². The number of H-pyrrole nitrogens is 1. The summed E-state index contributed by atoms with van der Waals surface area (Å²) in [6.07, 6.45) is 3.69. The van der Waals surface area contributed by atoms with Gasteiger partial charge in [0.2, 0.25) is 0 Å². The molecule has 74 valence electrons. The third kappa shape index (κ3) is 3.79. The maximum absolute atomic E-state index is 4.97. The molecule has 0 aromatic carbocycles. The highest BCUT2D eigenvalue weighted by Gasteiger charge is 2.09. The van der Waals surface area contributed by atoms with E-state index in [-0.39, 0.29) is 0 Å². The molecule has 5 heteroatoms. The van der Waals surface area contributed by atoms with Crippen LogP contribution in [0.5, 0.6) is 0 Å². The summed E-state index contributed by atoms with van der Waals surface area (Å²) in [5.74, 6) is 0. The highest BCUT2D eigenvalue weighted by molar-refractivity contribution is 8.01. The highest BCUT2D eigenvalue weighted by atomic mass is 32.2. The summed E-state index contributed by atoms with van der Waals surface area (Å²) in [7, 11) is 0. The smallest absolute Gasteiger partial charge is 0.177 e. The van der Waals surface area contributed by atoms with Gasteiger partial charge in [0.1, 0.15) is 0 Å². The number of hydrogen-bond acceptors (Lipinski definition) is 4. The van der Waals surface area contributed by atoms with Gasteiger partial charge in [0.15, 0.2) is 8.29 Å². The predicted octanol–water partition coefficient (Wildman–Crippen LogP) is 3.87. The number of nitrogens with zero attached hydrogens (tertiary/aromatic N) is 1. The molecule has 1 rings (SSSR count). The topological polar surface area (TPSA) is 28.7 Å². The van der Waals surface area contributed by atoms with E-state index in [4.69, 9.17) is 12.2 Å². The fourth-order valence-electron chi connectivity index (χ4n) is 1.08. The predicted molar refractivity (Wildman–Crippen MR) is 62.1 cm³/mol. The van der Waals surface area contributed by atoms with Gasteiger partial charge in [-0.3, -0.25) is 5.10 Å². The van der Waals surface area contributed by atoms with Crippen LogP contribution in [-0.2, 0) is 0 Å². The number of hydrogen-bond donors (Lipinski definition) is 1. The van der Waals surface area contributed by atoms with Gasteiger partial charge >= 0.3 is 0 Å². The molecule has 0 radical (unpaired) electrons. The number of aromatic amines is 1. The molecule has 1 aromatic heterocycles. The first-order valence-corrected chi connectivity index (χ1v) is 6.58. The summed E-state index contributed by atoms with van der Waals surface area (Å²) in [5.41, 5.74) is 0. The van der Waals surface area contributed by atoms with E-state index < -0.39 is 0 Å². The molecule has 1 unspecified atom stereocenters. The summed E-state index contributed by atoms with van der Waals surface area (Å²) < 4.78 is 1.85. The van der Waals surface area contributed by atoms with Crippen LogP contribution in [0.15, 0.2) is 4.34 Å². The van der Waals surface area contributed by atoms with Gasteiger partial charge in [-0.05, 0) is 25.1 Å². The van der Waals surface area contributed by atoms with Crippen molar-refractivity contribution in [2.24, 2.45) is 0 Å². The molecule has 1 heterocycles. The molecule has 0 saturated heterocycles. The zero-order valence-electron chi connectivity index (χ0n) is 7.87. The first-order chi connectivity index (χ1) is 6.26. The lowest BCUT2D eigenvalue weighted by Crippen LogP contribution is -1.98. The van der Waals surface area contributed by atoms with Crippen LogP contribution >= 0.6 is 35.3 Å². The van der Waals surface area contributed by atoms with Crippen LogP contribution in [0.25, 0.3) is 0 Å². The van der Waals surface area contributed by atoms with Crippen molar-refractivity contribution >= 4 is 35.3 Å². The van der Waals surface area contributed by atoms with Crippen molar-refractivity contribution < 1.29 is 0 Å². The van der Waals surface area contributed by atoms with Gasteiger partial charge in [0.05, 0.1) is 0 Å². The fraction of sp³-hybridized carbons (Fsp3) is 0.750. The molecule has 13 heavy (non-hydrogen) atoms. The summed E-state index contributed by atoms with van der Waals surface area (Å²) >= 11 is 8.39. The molecule has 0 spiro atoms. The largest absolute Gasteiger partial charge is 0.257 e. The van der Waals surface area contributed by atoms with E-state index in [1.54, 1.807) is 11.3 Å². The normalized spacial score (nSPS) is 13.1. The lowest BCUT2D eigenvalue weighted by atomic mass is 10.2. The van der Waals surface area contributed by atoms with E-state index in [1.807, 2.05) is 11.8 Å². The van der Waals surface area contributed by atoms with Crippen molar-refractivity contribution in [2.75, 3.05) is 0 Å². The number of thioether (sulfide) groups is 1. The molecule has 1 atom stereocenters. The van der Waals surface area contributed by atoms with E-state index in [9.17, 15) is 0 Å². The molecule has 0 amide bonds. The second-order valence-electron chi connectivity index (χ2n) is 2.82. The maximum Gasteiger partial charge on any atom is 0.177 e. The van der Waals surface area contributed by atoms with Crippen molar-refractivity contribution in [1.29, 1.82) is 0 Å². The Morgan fingerprint density at radius 1 is 1.62 bits per heavy atom. The van der Waals surface area contributed by atoms with Gasteiger partial charge < -0.3 is 0 Å². The summed E-state index contributed by atoms with van der Waals surface area (Å²) in [5, 5.41) is 7.63. The number of rotatable bonds is 5. The maximum atomic E-state index is 4.97. The second kappa shape index (κ2) is 5.78. The lowest BCUT2D eigenvalue weighted by Gasteiger charge is -2.09. The quantitative estimate of drug-likeness (QED) is 0.619. The summed E-state index contributed by atoms with van der Waals surface area (Å²) in [6.45, 7) is 4.44. The Hall–Kier alpha value is 0.130. The molecule has 0 fully saturated rings. The van der Waals surface area contributed by atoms with Crippen LogP contribution in [-0.4, -0.2) is 15.4 Å². The van der Waals surface area contributed by atoms with Crippen LogP contribution in [0.3, 0.4) is 0 Å². The third-order valence-corrected chi connectivity index (χ3v) is 4.37. The minimum Gasteiger partial charge on any atom is -0.257 e.